The molecule has 0 fully saturated rings. The average Bonchev–Trinajstić information content (AvgIpc) is 3.42. The van der Waals surface area contributed by atoms with Crippen molar-refractivity contribution in [1.82, 2.24) is 29.9 Å². The molecule has 6 aromatic heterocycles. The normalized spacial score (nSPS) is 11.1. The number of unbranched alkanes of at least 4 members (excludes halogenated alkanes) is 6. The first kappa shape index (κ1) is 56.8. The largest absolute Gasteiger partial charge is 2.00 e. The summed E-state index contributed by atoms with van der Waals surface area (Å²) in [6, 6.07) is 43.9. The van der Waals surface area contributed by atoms with Crippen molar-refractivity contribution in [1.29, 1.82) is 0 Å². The Bertz CT molecular complexity index is 2680. The number of hydrogen-bond donors (Lipinski definition) is 0. The second-order valence-electron chi connectivity index (χ2n) is 17.8. The molecule has 73 heavy (non-hydrogen) atoms. The number of nitrogens with zero attached hydrogens (tertiary/aromatic N) is 8. The van der Waals surface area contributed by atoms with Crippen LogP contribution in [0.5, 0.6) is 0 Å². The molecule has 0 amide bonds. The van der Waals surface area contributed by atoms with Crippen molar-refractivity contribution in [2.75, 3.05) is 0 Å². The maximum Gasteiger partial charge on any atom is 2.00 e. The molecular formula is C62H68N8O2Ru. The third-order valence-corrected chi connectivity index (χ3v) is 12.0. The summed E-state index contributed by atoms with van der Waals surface area (Å²) in [6.45, 7) is 8.36. The first-order chi connectivity index (χ1) is 35.2. The third-order valence-electron chi connectivity index (χ3n) is 12.0. The molecule has 0 spiro atoms. The molecule has 10 nitrogen and oxygen atoms in total. The van der Waals surface area contributed by atoms with Gasteiger partial charge in [-0.1, -0.05) is 75.9 Å². The van der Waals surface area contributed by atoms with Crippen LogP contribution in [0.15, 0.2) is 181 Å². The van der Waals surface area contributed by atoms with Crippen LogP contribution in [0.25, 0.3) is 34.2 Å². The van der Waals surface area contributed by atoms with Crippen LogP contribution in [0.1, 0.15) is 111 Å². The molecule has 0 unspecified atom stereocenters. The molecule has 0 bridgehead atoms. The van der Waals surface area contributed by atoms with Crippen LogP contribution in [0.3, 0.4) is 0 Å². The standard InChI is InChI=1S/2C26H31N3O.C10H8N2.Ru/c2*1-3-21-10-12-23(13-11-21)29-26(30)9-7-5-4-6-8-22-15-17-28-25(19-22)24-18-20(2)14-16-27-24;1-3-7-11-9(5-1)10-6-2-4-8-12-10;/h2*10-19H,3-9H2,1-2H3,(H,29,30);1-8H;/q;;;+2/p-2. The van der Waals surface area contributed by atoms with Gasteiger partial charge in [0.15, 0.2) is 0 Å². The van der Waals surface area contributed by atoms with E-state index in [0.717, 1.165) is 123 Å². The van der Waals surface area contributed by atoms with Crippen molar-refractivity contribution in [3.05, 3.63) is 204 Å². The van der Waals surface area contributed by atoms with Crippen molar-refractivity contribution in [2.45, 2.75) is 118 Å². The second kappa shape index (κ2) is 32.1. The van der Waals surface area contributed by atoms with Gasteiger partial charge < -0.3 is 10.2 Å². The van der Waals surface area contributed by atoms with Gasteiger partial charge in [-0.15, -0.1) is 0 Å². The fourth-order valence-electron chi connectivity index (χ4n) is 7.85. The zero-order valence-corrected chi connectivity index (χ0v) is 44.6. The van der Waals surface area contributed by atoms with Crippen LogP contribution in [0, 0.1) is 13.8 Å². The van der Waals surface area contributed by atoms with Crippen molar-refractivity contribution < 1.29 is 29.7 Å². The fourth-order valence-corrected chi connectivity index (χ4v) is 7.85. The first-order valence-electron chi connectivity index (χ1n) is 25.5. The van der Waals surface area contributed by atoms with E-state index in [9.17, 15) is 10.2 Å². The van der Waals surface area contributed by atoms with Gasteiger partial charge in [-0.3, -0.25) is 39.9 Å². The monoisotopic (exact) mass is 1060 g/mol. The Morgan fingerprint density at radius 3 is 1.08 bits per heavy atom. The maximum atomic E-state index is 12.0. The molecule has 0 N–H and O–H groups in total. The summed E-state index contributed by atoms with van der Waals surface area (Å²) >= 11 is 0. The predicted octanol–water partition coefficient (Wildman–Crippen LogP) is 13.3. The van der Waals surface area contributed by atoms with Gasteiger partial charge in [0, 0.05) is 37.2 Å². The summed E-state index contributed by atoms with van der Waals surface area (Å²) in [7, 11) is 0. The van der Waals surface area contributed by atoms with Crippen molar-refractivity contribution in [3.8, 4) is 34.2 Å². The Morgan fingerprint density at radius 1 is 0.370 bits per heavy atom. The minimum atomic E-state index is -0.0244. The molecule has 0 atom stereocenters. The molecule has 376 valence electrons. The number of hydrogen-bond acceptors (Lipinski definition) is 10. The third kappa shape index (κ3) is 20.9. The molecule has 8 rings (SSSR count). The van der Waals surface area contributed by atoms with Gasteiger partial charge in [0.2, 0.25) is 0 Å². The average molecular weight is 1060 g/mol. The van der Waals surface area contributed by atoms with Gasteiger partial charge in [-0.25, -0.2) is 0 Å². The van der Waals surface area contributed by atoms with E-state index >= 15 is 0 Å². The van der Waals surface area contributed by atoms with Crippen LogP contribution in [-0.4, -0.2) is 41.7 Å². The Hall–Kier alpha value is -7.10. The van der Waals surface area contributed by atoms with Gasteiger partial charge in [0.25, 0.3) is 0 Å². The minimum absolute atomic E-state index is 0. The van der Waals surface area contributed by atoms with E-state index in [2.05, 4.69) is 104 Å². The molecular weight excluding hydrogens is 990 g/mol. The number of aromatic nitrogens is 6. The van der Waals surface area contributed by atoms with E-state index in [4.69, 9.17) is 0 Å². The minimum Gasteiger partial charge on any atom is -0.862 e. The zero-order valence-electron chi connectivity index (χ0n) is 42.8. The summed E-state index contributed by atoms with van der Waals surface area (Å²) in [5.74, 6) is -0.0487. The van der Waals surface area contributed by atoms with Crippen LogP contribution in [0.2, 0.25) is 0 Å². The van der Waals surface area contributed by atoms with Gasteiger partial charge in [-0.05, 0) is 220 Å². The smallest absolute Gasteiger partial charge is 0.862 e. The van der Waals surface area contributed by atoms with E-state index in [1.807, 2.05) is 122 Å². The van der Waals surface area contributed by atoms with E-state index in [1.54, 1.807) is 12.4 Å². The Balaban J connectivity index is 0.000000218. The predicted molar refractivity (Wildman–Crippen MR) is 291 cm³/mol. The number of aryl methyl sites for hydroxylation is 6. The molecule has 6 heterocycles. The molecule has 11 heteroatoms. The Labute approximate surface area is 446 Å². The van der Waals surface area contributed by atoms with Crippen molar-refractivity contribution in [2.24, 2.45) is 9.98 Å². The molecule has 0 radical (unpaired) electrons. The second-order valence-corrected chi connectivity index (χ2v) is 17.8. The number of rotatable bonds is 21. The van der Waals surface area contributed by atoms with E-state index in [0.29, 0.717) is 12.8 Å². The summed E-state index contributed by atoms with van der Waals surface area (Å²) < 4.78 is 0. The summed E-state index contributed by atoms with van der Waals surface area (Å²) in [4.78, 5) is 34.5. The molecule has 2 aromatic carbocycles. The summed E-state index contributed by atoms with van der Waals surface area (Å²) in [5.41, 5.74) is 14.5. The molecule has 0 aliphatic rings. The first-order valence-corrected chi connectivity index (χ1v) is 25.5. The van der Waals surface area contributed by atoms with E-state index in [-0.39, 0.29) is 31.3 Å². The van der Waals surface area contributed by atoms with E-state index in [1.165, 1.54) is 33.4 Å². The number of aliphatic imine (C=N–C) groups is 2. The number of pyridine rings is 6. The number of benzene rings is 2. The van der Waals surface area contributed by atoms with Gasteiger partial charge in [0.1, 0.15) is 0 Å². The SMILES string of the molecule is CCc1ccc(N=C([O-])CCCCCCc2ccnc(-c3cc(C)ccn3)c2)cc1.CCc1ccc(N=C([O-])CCCCCCc2ccnc(-c3cc(C)ccn3)c2)cc1.[Ru+2].c1ccc(-c2ccccn2)nc1. The Kier molecular flexibility index (Phi) is 25.0. The molecule has 0 aliphatic carbocycles. The maximum absolute atomic E-state index is 12.0. The van der Waals surface area contributed by atoms with Crippen molar-refractivity contribution in [3.63, 3.8) is 0 Å². The topological polar surface area (TPSA) is 148 Å². The molecule has 0 aliphatic heterocycles. The van der Waals surface area contributed by atoms with Crippen LogP contribution < -0.4 is 10.2 Å². The molecule has 0 saturated heterocycles. The van der Waals surface area contributed by atoms with Gasteiger partial charge in [0.05, 0.1) is 45.5 Å². The Morgan fingerprint density at radius 2 is 0.726 bits per heavy atom. The van der Waals surface area contributed by atoms with Crippen LogP contribution in [-0.2, 0) is 45.2 Å². The zero-order chi connectivity index (χ0) is 50.6. The van der Waals surface area contributed by atoms with Crippen LogP contribution in [0.4, 0.5) is 11.4 Å². The fraction of sp³-hybridized carbons (Fsp3) is 0.290. The quantitative estimate of drug-likeness (QED) is 0.0299. The van der Waals surface area contributed by atoms with Crippen LogP contribution >= 0.6 is 0 Å². The van der Waals surface area contributed by atoms with Gasteiger partial charge in [-0.2, -0.15) is 0 Å². The molecule has 0 saturated carbocycles. The van der Waals surface area contributed by atoms with Gasteiger partial charge >= 0.3 is 19.5 Å². The van der Waals surface area contributed by atoms with Crippen molar-refractivity contribution >= 4 is 23.2 Å². The summed E-state index contributed by atoms with van der Waals surface area (Å²) in [5, 5.41) is 24.1. The van der Waals surface area contributed by atoms with E-state index < -0.39 is 0 Å². The molecule has 8 aromatic rings. The summed E-state index contributed by atoms with van der Waals surface area (Å²) in [6.07, 6.45) is 24.3.